The highest BCUT2D eigenvalue weighted by molar-refractivity contribution is 8.00. The smallest absolute Gasteiger partial charge is 0.339 e. The number of amides is 1. The van der Waals surface area contributed by atoms with Crippen molar-refractivity contribution < 1.29 is 14.3 Å². The highest BCUT2D eigenvalue weighted by atomic mass is 32.2. The second-order valence-electron chi connectivity index (χ2n) is 6.18. The summed E-state index contributed by atoms with van der Waals surface area (Å²) in [5.74, 6) is -0.666. The molecule has 0 saturated heterocycles. The summed E-state index contributed by atoms with van der Waals surface area (Å²) in [5.41, 5.74) is 2.25. The van der Waals surface area contributed by atoms with Crippen molar-refractivity contribution >= 4 is 40.4 Å². The van der Waals surface area contributed by atoms with Gasteiger partial charge in [0.15, 0.2) is 5.65 Å². The second-order valence-corrected chi connectivity index (χ2v) is 7.15. The van der Waals surface area contributed by atoms with E-state index in [9.17, 15) is 9.59 Å². The maximum Gasteiger partial charge on any atom is 0.339 e. The van der Waals surface area contributed by atoms with Crippen molar-refractivity contribution in [3.8, 4) is 5.69 Å². The lowest BCUT2D eigenvalue weighted by Gasteiger charge is -2.09. The molecule has 0 radical (unpaired) electrons. The number of nitrogens with one attached hydrogen (secondary N) is 1. The zero-order valence-corrected chi connectivity index (χ0v) is 16.8. The van der Waals surface area contributed by atoms with Gasteiger partial charge in [-0.1, -0.05) is 42.1 Å². The lowest BCUT2D eigenvalue weighted by Crippen LogP contribution is -2.17. The molecule has 2 heterocycles. The van der Waals surface area contributed by atoms with Crippen LogP contribution >= 0.6 is 11.8 Å². The number of esters is 1. The number of methoxy groups -OCH3 is 1. The van der Waals surface area contributed by atoms with E-state index in [-0.39, 0.29) is 11.7 Å². The van der Waals surface area contributed by atoms with Crippen LogP contribution in [0.1, 0.15) is 10.4 Å². The van der Waals surface area contributed by atoms with Crippen molar-refractivity contribution in [1.82, 2.24) is 19.7 Å². The molecule has 0 atom stereocenters. The van der Waals surface area contributed by atoms with Crippen molar-refractivity contribution in [3.05, 3.63) is 72.7 Å². The van der Waals surface area contributed by atoms with Gasteiger partial charge in [0, 0.05) is 0 Å². The fourth-order valence-corrected chi connectivity index (χ4v) is 3.66. The molecule has 0 bridgehead atoms. The topological polar surface area (TPSA) is 99.0 Å². The van der Waals surface area contributed by atoms with E-state index in [0.29, 0.717) is 21.9 Å². The van der Waals surface area contributed by atoms with E-state index in [0.717, 1.165) is 11.1 Å². The van der Waals surface area contributed by atoms with Crippen LogP contribution in [0, 0.1) is 0 Å². The Morgan fingerprint density at radius 2 is 1.83 bits per heavy atom. The van der Waals surface area contributed by atoms with Gasteiger partial charge in [-0.15, -0.1) is 0 Å². The Labute approximate surface area is 176 Å². The molecule has 8 nitrogen and oxygen atoms in total. The first-order valence-electron chi connectivity index (χ1n) is 9.01. The summed E-state index contributed by atoms with van der Waals surface area (Å²) >= 11 is 1.27. The minimum Gasteiger partial charge on any atom is -0.465 e. The Morgan fingerprint density at radius 1 is 1.07 bits per heavy atom. The van der Waals surface area contributed by atoms with Crippen LogP contribution < -0.4 is 5.32 Å². The maximum atomic E-state index is 12.5. The van der Waals surface area contributed by atoms with E-state index in [4.69, 9.17) is 4.74 Å². The zero-order valence-electron chi connectivity index (χ0n) is 16.0. The van der Waals surface area contributed by atoms with Crippen LogP contribution in [-0.2, 0) is 9.53 Å². The fourth-order valence-electron chi connectivity index (χ4n) is 2.90. The van der Waals surface area contributed by atoms with Gasteiger partial charge in [-0.05, 0) is 24.3 Å². The van der Waals surface area contributed by atoms with Gasteiger partial charge >= 0.3 is 5.97 Å². The average molecular weight is 419 g/mol. The molecule has 4 rings (SSSR count). The molecule has 0 unspecified atom stereocenters. The number of carbonyl (C=O) groups excluding carboxylic acids is 2. The first-order valence-corrected chi connectivity index (χ1v) is 10.00. The molecule has 0 aliphatic heterocycles. The third-order valence-corrected chi connectivity index (χ3v) is 5.28. The Morgan fingerprint density at radius 3 is 2.63 bits per heavy atom. The summed E-state index contributed by atoms with van der Waals surface area (Å²) < 4.78 is 6.48. The summed E-state index contributed by atoms with van der Waals surface area (Å²) in [5, 5.41) is 8.57. The predicted octanol–water partition coefficient (Wildman–Crippen LogP) is 3.33. The van der Waals surface area contributed by atoms with E-state index >= 15 is 0 Å². The van der Waals surface area contributed by atoms with Crippen LogP contribution in [0.4, 0.5) is 5.69 Å². The van der Waals surface area contributed by atoms with Gasteiger partial charge in [0.2, 0.25) is 5.91 Å². The first kappa shape index (κ1) is 19.6. The first-order chi connectivity index (χ1) is 14.7. The van der Waals surface area contributed by atoms with Gasteiger partial charge < -0.3 is 10.1 Å². The number of thioether (sulfide) groups is 1. The molecule has 0 spiro atoms. The molecule has 0 aliphatic rings. The Bertz CT molecular complexity index is 1210. The van der Waals surface area contributed by atoms with Crippen LogP contribution in [0.15, 0.2) is 72.1 Å². The van der Waals surface area contributed by atoms with Crippen LogP contribution in [0.5, 0.6) is 0 Å². The largest absolute Gasteiger partial charge is 0.465 e. The average Bonchev–Trinajstić information content (AvgIpc) is 3.23. The number of fused-ring (bicyclic) bond motifs is 1. The summed E-state index contributed by atoms with van der Waals surface area (Å²) in [6.45, 7) is 0. The quantitative estimate of drug-likeness (QED) is 0.291. The minimum atomic E-state index is -0.510. The van der Waals surface area contributed by atoms with Gasteiger partial charge in [0.05, 0.1) is 41.4 Å². The number of nitrogens with zero attached hydrogens (tertiary/aromatic N) is 4. The maximum absolute atomic E-state index is 12.5. The van der Waals surface area contributed by atoms with Crippen LogP contribution in [0.2, 0.25) is 0 Å². The third kappa shape index (κ3) is 4.01. The molecule has 0 fully saturated rings. The van der Waals surface area contributed by atoms with Crippen molar-refractivity contribution in [1.29, 1.82) is 0 Å². The van der Waals surface area contributed by atoms with Gasteiger partial charge in [-0.3, -0.25) is 4.79 Å². The minimum absolute atomic E-state index is 0.109. The molecule has 30 heavy (non-hydrogen) atoms. The number of carbonyl (C=O) groups is 2. The Balaban J connectivity index is 1.50. The van der Waals surface area contributed by atoms with Gasteiger partial charge in [-0.2, -0.15) is 5.10 Å². The number of benzene rings is 2. The SMILES string of the molecule is COC(=O)c1ccccc1NC(=O)CSc1ncnc2c1cnn2-c1ccccc1. The number of rotatable bonds is 6. The zero-order chi connectivity index (χ0) is 20.9. The molecule has 0 saturated carbocycles. The highest BCUT2D eigenvalue weighted by Gasteiger charge is 2.15. The highest BCUT2D eigenvalue weighted by Crippen LogP contribution is 2.26. The van der Waals surface area contributed by atoms with Crippen LogP contribution in [-0.4, -0.2) is 44.5 Å². The molecule has 9 heteroatoms. The summed E-state index contributed by atoms with van der Waals surface area (Å²) in [7, 11) is 1.30. The molecule has 2 aromatic heterocycles. The van der Waals surface area contributed by atoms with Crippen molar-refractivity contribution in [3.63, 3.8) is 0 Å². The normalized spacial score (nSPS) is 10.7. The molecule has 1 amide bonds. The molecule has 1 N–H and O–H groups in total. The fraction of sp³-hybridized carbons (Fsp3) is 0.0952. The molecule has 2 aromatic carbocycles. The van der Waals surface area contributed by atoms with Crippen LogP contribution in [0.3, 0.4) is 0 Å². The van der Waals surface area contributed by atoms with E-state index in [1.807, 2.05) is 30.3 Å². The van der Waals surface area contributed by atoms with Crippen molar-refractivity contribution in [2.24, 2.45) is 0 Å². The third-order valence-electron chi connectivity index (χ3n) is 4.28. The number of aromatic nitrogens is 4. The Hall–Kier alpha value is -3.72. The number of para-hydroxylation sites is 2. The summed E-state index contributed by atoms with van der Waals surface area (Å²) in [4.78, 5) is 33.0. The summed E-state index contributed by atoms with van der Waals surface area (Å²) in [6.07, 6.45) is 3.14. The van der Waals surface area contributed by atoms with Crippen LogP contribution in [0.25, 0.3) is 16.7 Å². The predicted molar refractivity (Wildman–Crippen MR) is 114 cm³/mol. The van der Waals surface area contributed by atoms with E-state index in [2.05, 4.69) is 20.4 Å². The number of ether oxygens (including phenoxy) is 1. The van der Waals surface area contributed by atoms with Gasteiger partial charge in [-0.25, -0.2) is 19.4 Å². The molecular formula is C21H17N5O3S. The molecule has 4 aromatic rings. The Kier molecular flexibility index (Phi) is 5.71. The van der Waals surface area contributed by atoms with Gasteiger partial charge in [0.25, 0.3) is 0 Å². The lowest BCUT2D eigenvalue weighted by atomic mass is 10.2. The molecule has 0 aliphatic carbocycles. The van der Waals surface area contributed by atoms with E-state index in [1.165, 1.54) is 25.2 Å². The monoisotopic (exact) mass is 419 g/mol. The standard InChI is InChI=1S/C21H17N5O3S/c1-29-21(28)15-9-5-6-10-17(15)25-18(27)12-30-20-16-11-24-26(19(16)22-13-23-20)14-7-3-2-4-8-14/h2-11,13H,12H2,1H3,(H,25,27). The molecule has 150 valence electrons. The second kappa shape index (κ2) is 8.75. The van der Waals surface area contributed by atoms with Crippen molar-refractivity contribution in [2.75, 3.05) is 18.2 Å². The summed E-state index contributed by atoms with van der Waals surface area (Å²) in [6, 6.07) is 16.4. The van der Waals surface area contributed by atoms with E-state index < -0.39 is 5.97 Å². The van der Waals surface area contributed by atoms with E-state index in [1.54, 1.807) is 35.1 Å². The number of hydrogen-bond acceptors (Lipinski definition) is 7. The molecular weight excluding hydrogens is 402 g/mol. The lowest BCUT2D eigenvalue weighted by molar-refractivity contribution is -0.113. The van der Waals surface area contributed by atoms with Crippen molar-refractivity contribution in [2.45, 2.75) is 5.03 Å². The van der Waals surface area contributed by atoms with Gasteiger partial charge in [0.1, 0.15) is 11.4 Å². The number of anilines is 1. The number of hydrogen-bond donors (Lipinski definition) is 1.